The number of hydrogen-bond acceptors (Lipinski definition) is 4. The predicted octanol–water partition coefficient (Wildman–Crippen LogP) is 4.06. The Kier molecular flexibility index (Phi) is 5.64. The Hall–Kier alpha value is -2.43. The van der Waals surface area contributed by atoms with E-state index in [1.165, 1.54) is 24.8 Å². The van der Waals surface area contributed by atoms with E-state index in [1.807, 2.05) is 24.3 Å². The largest absolute Gasteiger partial charge is 0.352 e. The van der Waals surface area contributed by atoms with Crippen LogP contribution in [0.25, 0.3) is 0 Å². The summed E-state index contributed by atoms with van der Waals surface area (Å²) in [5.41, 5.74) is 2.36. The average molecular weight is 338 g/mol. The Labute approximate surface area is 149 Å². The molecule has 2 aromatic rings. The number of nitrogens with one attached hydrogen (secondary N) is 1. The lowest BCUT2D eigenvalue weighted by atomic mass is 10.0. The van der Waals surface area contributed by atoms with E-state index in [9.17, 15) is 4.79 Å². The molecule has 5 nitrogen and oxygen atoms in total. The summed E-state index contributed by atoms with van der Waals surface area (Å²) >= 11 is 0. The second kappa shape index (κ2) is 8.10. The maximum absolute atomic E-state index is 12.3. The molecular formula is C20H26N4O. The van der Waals surface area contributed by atoms with Crippen LogP contribution >= 0.6 is 0 Å². The summed E-state index contributed by atoms with van der Waals surface area (Å²) in [7, 11) is 0. The number of amides is 1. The highest BCUT2D eigenvalue weighted by Gasteiger charge is 2.22. The lowest BCUT2D eigenvalue weighted by Crippen LogP contribution is -2.39. The van der Waals surface area contributed by atoms with Crippen LogP contribution in [0.3, 0.4) is 0 Å². The third-order valence-corrected chi connectivity index (χ3v) is 4.88. The number of aryl methyl sites for hydroxylation is 1. The first kappa shape index (κ1) is 17.4. The molecule has 1 aromatic heterocycles. The molecule has 5 heteroatoms. The van der Waals surface area contributed by atoms with Gasteiger partial charge < -0.3 is 10.2 Å². The van der Waals surface area contributed by atoms with Gasteiger partial charge in [0.2, 0.25) is 0 Å². The molecule has 1 N–H and O–H groups in total. The van der Waals surface area contributed by atoms with Crippen molar-refractivity contribution >= 4 is 17.4 Å². The monoisotopic (exact) mass is 338 g/mol. The first-order valence-electron chi connectivity index (χ1n) is 9.20. The summed E-state index contributed by atoms with van der Waals surface area (Å²) in [5.74, 6) is 0.643. The Bertz CT molecular complexity index is 697. The van der Waals surface area contributed by atoms with E-state index in [-0.39, 0.29) is 5.91 Å². The second-order valence-corrected chi connectivity index (χ2v) is 6.52. The summed E-state index contributed by atoms with van der Waals surface area (Å²) in [4.78, 5) is 23.5. The molecule has 1 aliphatic heterocycles. The highest BCUT2D eigenvalue weighted by atomic mass is 16.1. The van der Waals surface area contributed by atoms with Gasteiger partial charge in [-0.1, -0.05) is 26.0 Å². The molecule has 1 saturated heterocycles. The van der Waals surface area contributed by atoms with Crippen LogP contribution in [-0.4, -0.2) is 28.5 Å². The van der Waals surface area contributed by atoms with Crippen LogP contribution in [0.2, 0.25) is 0 Å². The maximum Gasteiger partial charge on any atom is 0.275 e. The molecule has 1 atom stereocenters. The normalized spacial score (nSPS) is 17.4. The molecule has 2 heterocycles. The third-order valence-electron chi connectivity index (χ3n) is 4.88. The molecule has 0 radical (unpaired) electrons. The molecule has 1 fully saturated rings. The van der Waals surface area contributed by atoms with Crippen molar-refractivity contribution in [2.45, 2.75) is 52.0 Å². The molecule has 1 unspecified atom stereocenters. The number of benzene rings is 1. The Balaban J connectivity index is 1.67. The second-order valence-electron chi connectivity index (χ2n) is 6.52. The minimum absolute atomic E-state index is 0.228. The van der Waals surface area contributed by atoms with E-state index in [0.717, 1.165) is 30.9 Å². The zero-order chi connectivity index (χ0) is 17.6. The van der Waals surface area contributed by atoms with Crippen LogP contribution in [0.5, 0.6) is 0 Å². The van der Waals surface area contributed by atoms with Crippen LogP contribution in [0.4, 0.5) is 11.5 Å². The molecule has 3 rings (SSSR count). The molecule has 0 saturated carbocycles. The first-order chi connectivity index (χ1) is 12.2. The zero-order valence-electron chi connectivity index (χ0n) is 15.0. The number of rotatable bonds is 5. The van der Waals surface area contributed by atoms with Crippen molar-refractivity contribution < 1.29 is 4.79 Å². The highest BCUT2D eigenvalue weighted by molar-refractivity contribution is 6.02. The van der Waals surface area contributed by atoms with E-state index in [1.54, 1.807) is 12.4 Å². The Morgan fingerprint density at radius 3 is 2.60 bits per heavy atom. The number of anilines is 2. The standard InChI is InChI=1S/C20H26N4O/c1-3-15-8-10-16(11-9-15)23-20(25)18-13-22-19(14-21-18)24-12-6-5-7-17(24)4-2/h8-11,13-14,17H,3-7,12H2,1-2H3,(H,23,25). The minimum Gasteiger partial charge on any atom is -0.352 e. The zero-order valence-corrected chi connectivity index (χ0v) is 15.0. The van der Waals surface area contributed by atoms with Gasteiger partial charge in [0.25, 0.3) is 5.91 Å². The SMILES string of the molecule is CCc1ccc(NC(=O)c2cnc(N3CCCCC3CC)cn2)cc1. The molecule has 25 heavy (non-hydrogen) atoms. The van der Waals surface area contributed by atoms with Crippen LogP contribution in [0.1, 0.15) is 55.6 Å². The van der Waals surface area contributed by atoms with Crippen LogP contribution in [-0.2, 0) is 6.42 Å². The minimum atomic E-state index is -0.228. The third kappa shape index (κ3) is 4.16. The van der Waals surface area contributed by atoms with Crippen molar-refractivity contribution in [3.8, 4) is 0 Å². The molecule has 132 valence electrons. The van der Waals surface area contributed by atoms with Crippen molar-refractivity contribution in [2.75, 3.05) is 16.8 Å². The van der Waals surface area contributed by atoms with Crippen molar-refractivity contribution in [3.63, 3.8) is 0 Å². The summed E-state index contributed by atoms with van der Waals surface area (Å²) in [6.45, 7) is 5.33. The van der Waals surface area contributed by atoms with Gasteiger partial charge in [0.1, 0.15) is 11.5 Å². The molecule has 0 bridgehead atoms. The van der Waals surface area contributed by atoms with Crippen molar-refractivity contribution in [2.24, 2.45) is 0 Å². The van der Waals surface area contributed by atoms with Crippen molar-refractivity contribution in [1.29, 1.82) is 0 Å². The number of hydrogen-bond donors (Lipinski definition) is 1. The van der Waals surface area contributed by atoms with Gasteiger partial charge in [-0.2, -0.15) is 0 Å². The van der Waals surface area contributed by atoms with E-state index in [0.29, 0.717) is 11.7 Å². The van der Waals surface area contributed by atoms with E-state index >= 15 is 0 Å². The Morgan fingerprint density at radius 2 is 1.96 bits per heavy atom. The first-order valence-corrected chi connectivity index (χ1v) is 9.20. The summed E-state index contributed by atoms with van der Waals surface area (Å²) in [5, 5.41) is 2.87. The summed E-state index contributed by atoms with van der Waals surface area (Å²) in [6, 6.07) is 8.40. The quantitative estimate of drug-likeness (QED) is 0.893. The lowest BCUT2D eigenvalue weighted by Gasteiger charge is -2.35. The average Bonchev–Trinajstić information content (AvgIpc) is 2.68. The molecular weight excluding hydrogens is 312 g/mol. The van der Waals surface area contributed by atoms with Gasteiger partial charge in [-0.05, 0) is 49.8 Å². The molecule has 1 amide bonds. The van der Waals surface area contributed by atoms with Gasteiger partial charge in [-0.25, -0.2) is 9.97 Å². The fourth-order valence-corrected chi connectivity index (χ4v) is 3.33. The van der Waals surface area contributed by atoms with Gasteiger partial charge in [-0.3, -0.25) is 4.79 Å². The van der Waals surface area contributed by atoms with Crippen LogP contribution in [0, 0.1) is 0 Å². The molecule has 0 aliphatic carbocycles. The number of aromatic nitrogens is 2. The molecule has 1 aromatic carbocycles. The summed E-state index contributed by atoms with van der Waals surface area (Å²) < 4.78 is 0. The lowest BCUT2D eigenvalue weighted by molar-refractivity contribution is 0.102. The molecule has 0 spiro atoms. The summed E-state index contributed by atoms with van der Waals surface area (Å²) in [6.07, 6.45) is 9.06. The van der Waals surface area contributed by atoms with Gasteiger partial charge in [0.15, 0.2) is 0 Å². The number of carbonyl (C=O) groups is 1. The maximum atomic E-state index is 12.3. The van der Waals surface area contributed by atoms with Crippen molar-refractivity contribution in [1.82, 2.24) is 9.97 Å². The highest BCUT2D eigenvalue weighted by Crippen LogP contribution is 2.24. The topological polar surface area (TPSA) is 58.1 Å². The van der Waals surface area contributed by atoms with Gasteiger partial charge in [0.05, 0.1) is 12.4 Å². The number of nitrogens with zero attached hydrogens (tertiary/aromatic N) is 3. The van der Waals surface area contributed by atoms with Gasteiger partial charge in [0, 0.05) is 18.3 Å². The Morgan fingerprint density at radius 1 is 1.16 bits per heavy atom. The molecule has 1 aliphatic rings. The number of piperidine rings is 1. The van der Waals surface area contributed by atoms with Gasteiger partial charge in [-0.15, -0.1) is 0 Å². The van der Waals surface area contributed by atoms with E-state index < -0.39 is 0 Å². The van der Waals surface area contributed by atoms with Gasteiger partial charge >= 0.3 is 0 Å². The van der Waals surface area contributed by atoms with Crippen molar-refractivity contribution in [3.05, 3.63) is 47.9 Å². The fourth-order valence-electron chi connectivity index (χ4n) is 3.33. The van der Waals surface area contributed by atoms with E-state index in [2.05, 4.69) is 34.0 Å². The van der Waals surface area contributed by atoms with E-state index in [4.69, 9.17) is 0 Å². The fraction of sp³-hybridized carbons (Fsp3) is 0.450. The number of carbonyl (C=O) groups excluding carboxylic acids is 1. The van der Waals surface area contributed by atoms with Crippen LogP contribution < -0.4 is 10.2 Å². The predicted molar refractivity (Wildman–Crippen MR) is 101 cm³/mol. The van der Waals surface area contributed by atoms with Crippen LogP contribution in [0.15, 0.2) is 36.7 Å². The smallest absolute Gasteiger partial charge is 0.275 e.